The lowest BCUT2D eigenvalue weighted by molar-refractivity contribution is 0.266. The average Bonchev–Trinajstić information content (AvgIpc) is 2.45. The second kappa shape index (κ2) is 6.49. The van der Waals surface area contributed by atoms with Gasteiger partial charge in [-0.15, -0.1) is 0 Å². The summed E-state index contributed by atoms with van der Waals surface area (Å²) < 4.78 is 1.13. The van der Waals surface area contributed by atoms with Crippen molar-refractivity contribution in [2.24, 2.45) is 0 Å². The number of anilines is 1. The molecule has 2 heterocycles. The zero-order valence-electron chi connectivity index (χ0n) is 11.0. The lowest BCUT2D eigenvalue weighted by Gasteiger charge is -2.11. The van der Waals surface area contributed by atoms with Crippen LogP contribution in [0.5, 0.6) is 0 Å². The van der Waals surface area contributed by atoms with Gasteiger partial charge in [0.1, 0.15) is 5.02 Å². The lowest BCUT2D eigenvalue weighted by Crippen LogP contribution is -2.25. The molecule has 0 aliphatic heterocycles. The van der Waals surface area contributed by atoms with Crippen LogP contribution < -0.4 is 10.9 Å². The fourth-order valence-electron chi connectivity index (χ4n) is 1.73. The van der Waals surface area contributed by atoms with E-state index in [9.17, 15) is 4.79 Å². The SMILES string of the molecule is Cc1cnccc1CNc1cnn(CCO)c(=O)c1Cl. The Hall–Kier alpha value is -1.92. The van der Waals surface area contributed by atoms with Crippen molar-refractivity contribution in [3.63, 3.8) is 0 Å². The van der Waals surface area contributed by atoms with Crippen LogP contribution in [0.25, 0.3) is 0 Å². The van der Waals surface area contributed by atoms with E-state index in [1.165, 1.54) is 6.20 Å². The Balaban J connectivity index is 2.17. The molecule has 0 saturated carbocycles. The van der Waals surface area contributed by atoms with Crippen LogP contribution in [0.2, 0.25) is 5.02 Å². The Morgan fingerprint density at radius 1 is 1.45 bits per heavy atom. The molecular weight excluding hydrogens is 280 g/mol. The van der Waals surface area contributed by atoms with E-state index in [1.54, 1.807) is 12.4 Å². The Bertz CT molecular complexity index is 657. The topological polar surface area (TPSA) is 80.0 Å². The van der Waals surface area contributed by atoms with Gasteiger partial charge in [-0.25, -0.2) is 4.68 Å². The Kier molecular flexibility index (Phi) is 4.70. The lowest BCUT2D eigenvalue weighted by atomic mass is 10.1. The average molecular weight is 295 g/mol. The van der Waals surface area contributed by atoms with Crippen molar-refractivity contribution in [2.45, 2.75) is 20.0 Å². The zero-order chi connectivity index (χ0) is 14.5. The van der Waals surface area contributed by atoms with Crippen LogP contribution >= 0.6 is 11.6 Å². The zero-order valence-corrected chi connectivity index (χ0v) is 11.8. The molecular formula is C13H15ClN4O2. The van der Waals surface area contributed by atoms with E-state index >= 15 is 0 Å². The highest BCUT2D eigenvalue weighted by atomic mass is 35.5. The first kappa shape index (κ1) is 14.5. The number of pyridine rings is 1. The van der Waals surface area contributed by atoms with Gasteiger partial charge in [-0.1, -0.05) is 11.6 Å². The number of aromatic nitrogens is 3. The molecule has 2 rings (SSSR count). The predicted octanol–water partition coefficient (Wildman–Crippen LogP) is 1.20. The Morgan fingerprint density at radius 3 is 2.95 bits per heavy atom. The van der Waals surface area contributed by atoms with E-state index in [0.29, 0.717) is 12.2 Å². The van der Waals surface area contributed by atoms with Crippen LogP contribution in [0.4, 0.5) is 5.69 Å². The summed E-state index contributed by atoms with van der Waals surface area (Å²) >= 11 is 6.01. The summed E-state index contributed by atoms with van der Waals surface area (Å²) in [5.74, 6) is 0. The normalized spacial score (nSPS) is 10.6. The number of aliphatic hydroxyl groups is 1. The molecule has 0 aliphatic carbocycles. The van der Waals surface area contributed by atoms with Crippen molar-refractivity contribution in [3.8, 4) is 0 Å². The first-order valence-corrected chi connectivity index (χ1v) is 6.51. The van der Waals surface area contributed by atoms with Gasteiger partial charge >= 0.3 is 0 Å². The maximum Gasteiger partial charge on any atom is 0.287 e. The number of hydrogen-bond acceptors (Lipinski definition) is 5. The third kappa shape index (κ3) is 3.15. The van der Waals surface area contributed by atoms with Gasteiger partial charge in [-0.05, 0) is 24.1 Å². The number of aliphatic hydroxyl groups excluding tert-OH is 1. The summed E-state index contributed by atoms with van der Waals surface area (Å²) in [5.41, 5.74) is 2.17. The van der Waals surface area contributed by atoms with Gasteiger partial charge in [0.25, 0.3) is 5.56 Å². The fourth-order valence-corrected chi connectivity index (χ4v) is 1.95. The molecule has 0 amide bonds. The van der Waals surface area contributed by atoms with Gasteiger partial charge in [0, 0.05) is 18.9 Å². The first-order chi connectivity index (χ1) is 9.63. The Morgan fingerprint density at radius 2 is 2.25 bits per heavy atom. The van der Waals surface area contributed by atoms with Gasteiger partial charge in [-0.3, -0.25) is 9.78 Å². The van der Waals surface area contributed by atoms with Crippen molar-refractivity contribution in [3.05, 3.63) is 51.2 Å². The minimum absolute atomic E-state index is 0.0696. The van der Waals surface area contributed by atoms with E-state index in [4.69, 9.17) is 16.7 Å². The first-order valence-electron chi connectivity index (χ1n) is 6.13. The Labute approximate surface area is 121 Å². The van der Waals surface area contributed by atoms with E-state index < -0.39 is 5.56 Å². The van der Waals surface area contributed by atoms with Gasteiger partial charge in [-0.2, -0.15) is 5.10 Å². The standard InChI is InChI=1S/C13H15ClN4O2/c1-9-6-15-3-2-10(9)7-16-11-8-17-18(4-5-19)13(20)12(11)14/h2-3,6,8,16,19H,4-5,7H2,1H3. The van der Waals surface area contributed by atoms with Gasteiger partial charge < -0.3 is 10.4 Å². The summed E-state index contributed by atoms with van der Waals surface area (Å²) in [6.45, 7) is 2.46. The molecule has 0 spiro atoms. The third-order valence-electron chi connectivity index (χ3n) is 2.90. The van der Waals surface area contributed by atoms with Crippen molar-refractivity contribution in [2.75, 3.05) is 11.9 Å². The molecule has 2 N–H and O–H groups in total. The highest BCUT2D eigenvalue weighted by Crippen LogP contribution is 2.17. The molecule has 2 aromatic heterocycles. The van der Waals surface area contributed by atoms with E-state index in [2.05, 4.69) is 15.4 Å². The molecule has 2 aromatic rings. The van der Waals surface area contributed by atoms with Crippen LogP contribution in [-0.2, 0) is 13.1 Å². The van der Waals surface area contributed by atoms with Crippen LogP contribution in [0.15, 0.2) is 29.5 Å². The molecule has 0 bridgehead atoms. The number of rotatable bonds is 5. The molecule has 0 fully saturated rings. The van der Waals surface area contributed by atoms with E-state index in [-0.39, 0.29) is 18.2 Å². The number of halogens is 1. The number of aryl methyl sites for hydroxylation is 1. The van der Waals surface area contributed by atoms with Crippen molar-refractivity contribution in [1.82, 2.24) is 14.8 Å². The maximum absolute atomic E-state index is 11.9. The van der Waals surface area contributed by atoms with Gasteiger partial charge in [0.2, 0.25) is 0 Å². The van der Waals surface area contributed by atoms with Crippen LogP contribution in [0, 0.1) is 6.92 Å². The monoisotopic (exact) mass is 294 g/mol. The summed E-state index contributed by atoms with van der Waals surface area (Å²) in [4.78, 5) is 15.9. The van der Waals surface area contributed by atoms with Gasteiger partial charge in [0.15, 0.2) is 0 Å². The molecule has 0 aromatic carbocycles. The van der Waals surface area contributed by atoms with Crippen LogP contribution in [-0.4, -0.2) is 26.5 Å². The van der Waals surface area contributed by atoms with Crippen LogP contribution in [0.3, 0.4) is 0 Å². The predicted molar refractivity (Wildman–Crippen MR) is 76.9 cm³/mol. The fraction of sp³-hybridized carbons (Fsp3) is 0.308. The largest absolute Gasteiger partial charge is 0.394 e. The second-order valence-electron chi connectivity index (χ2n) is 4.28. The second-order valence-corrected chi connectivity index (χ2v) is 4.66. The summed E-state index contributed by atoms with van der Waals surface area (Å²) in [6.07, 6.45) is 4.97. The van der Waals surface area contributed by atoms with Crippen LogP contribution in [0.1, 0.15) is 11.1 Å². The quantitative estimate of drug-likeness (QED) is 0.866. The number of nitrogens with one attached hydrogen (secondary N) is 1. The summed E-state index contributed by atoms with van der Waals surface area (Å²) in [7, 11) is 0. The third-order valence-corrected chi connectivity index (χ3v) is 3.27. The summed E-state index contributed by atoms with van der Waals surface area (Å²) in [6, 6.07) is 1.90. The highest BCUT2D eigenvalue weighted by molar-refractivity contribution is 6.32. The molecule has 0 unspecified atom stereocenters. The molecule has 0 aliphatic rings. The molecule has 6 nitrogen and oxygen atoms in total. The smallest absolute Gasteiger partial charge is 0.287 e. The highest BCUT2D eigenvalue weighted by Gasteiger charge is 2.09. The minimum atomic E-state index is -0.419. The molecule has 0 saturated heterocycles. The van der Waals surface area contributed by atoms with E-state index in [1.807, 2.05) is 13.0 Å². The summed E-state index contributed by atoms with van der Waals surface area (Å²) in [5, 5.41) is 15.9. The van der Waals surface area contributed by atoms with Crippen molar-refractivity contribution < 1.29 is 5.11 Å². The number of hydrogen-bond donors (Lipinski definition) is 2. The maximum atomic E-state index is 11.9. The van der Waals surface area contributed by atoms with Crippen molar-refractivity contribution >= 4 is 17.3 Å². The van der Waals surface area contributed by atoms with Gasteiger partial charge in [0.05, 0.1) is 25.0 Å². The molecule has 7 heteroatoms. The minimum Gasteiger partial charge on any atom is -0.394 e. The molecule has 0 radical (unpaired) electrons. The molecule has 0 atom stereocenters. The van der Waals surface area contributed by atoms with E-state index in [0.717, 1.165) is 15.8 Å². The molecule has 20 heavy (non-hydrogen) atoms. The number of nitrogens with zero attached hydrogens (tertiary/aromatic N) is 3. The van der Waals surface area contributed by atoms with Crippen molar-refractivity contribution in [1.29, 1.82) is 0 Å². The molecule has 106 valence electrons.